The second-order valence-electron chi connectivity index (χ2n) is 6.73. The van der Waals surface area contributed by atoms with Crippen molar-refractivity contribution in [2.24, 2.45) is 5.41 Å². The molecule has 0 aliphatic carbocycles. The lowest BCUT2D eigenvalue weighted by Gasteiger charge is -2.39. The molecule has 1 heterocycles. The van der Waals surface area contributed by atoms with Crippen molar-refractivity contribution in [2.75, 3.05) is 40.4 Å². The van der Waals surface area contributed by atoms with Crippen LogP contribution >= 0.6 is 0 Å². The Balaban J connectivity index is 2.59. The molecule has 0 radical (unpaired) electrons. The van der Waals surface area contributed by atoms with E-state index in [2.05, 4.69) is 52.0 Å². The predicted molar refractivity (Wildman–Crippen MR) is 81.9 cm³/mol. The van der Waals surface area contributed by atoms with Gasteiger partial charge in [-0.05, 0) is 32.9 Å². The number of carbonyl (C=O) groups is 1. The van der Waals surface area contributed by atoms with Crippen LogP contribution in [0.4, 0.5) is 4.79 Å². The molecule has 0 aromatic heterocycles. The van der Waals surface area contributed by atoms with E-state index < -0.39 is 0 Å². The maximum Gasteiger partial charge on any atom is 0.318 e. The summed E-state index contributed by atoms with van der Waals surface area (Å²) in [6.45, 7) is 11.5. The first-order valence-electron chi connectivity index (χ1n) is 7.57. The molecule has 2 atom stereocenters. The molecule has 0 spiro atoms. The van der Waals surface area contributed by atoms with Crippen molar-refractivity contribution in [1.29, 1.82) is 0 Å². The average Bonchev–Trinajstić information content (AvgIpc) is 2.37. The zero-order valence-corrected chi connectivity index (χ0v) is 13.9. The van der Waals surface area contributed by atoms with Crippen LogP contribution in [-0.4, -0.2) is 68.3 Å². The zero-order valence-electron chi connectivity index (χ0n) is 13.9. The Morgan fingerprint density at radius 1 is 1.50 bits per heavy atom. The van der Waals surface area contributed by atoms with E-state index in [1.165, 1.54) is 0 Å². The zero-order chi connectivity index (χ0) is 15.3. The van der Waals surface area contributed by atoms with Crippen molar-refractivity contribution in [3.63, 3.8) is 0 Å². The van der Waals surface area contributed by atoms with Gasteiger partial charge in [0.2, 0.25) is 0 Å². The summed E-state index contributed by atoms with van der Waals surface area (Å²) >= 11 is 0. The Kier molecular flexibility index (Phi) is 6.27. The highest BCUT2D eigenvalue weighted by Crippen LogP contribution is 2.22. The quantitative estimate of drug-likeness (QED) is 0.837. The van der Waals surface area contributed by atoms with Crippen molar-refractivity contribution >= 4 is 6.03 Å². The first-order chi connectivity index (χ1) is 9.27. The first-order valence-corrected chi connectivity index (χ1v) is 7.57. The second-order valence-corrected chi connectivity index (χ2v) is 6.73. The molecule has 1 saturated heterocycles. The van der Waals surface area contributed by atoms with Crippen LogP contribution in [0.2, 0.25) is 0 Å². The Morgan fingerprint density at radius 3 is 2.70 bits per heavy atom. The number of hydrogen-bond donors (Lipinski definition) is 1. The van der Waals surface area contributed by atoms with Crippen LogP contribution in [0.5, 0.6) is 0 Å². The summed E-state index contributed by atoms with van der Waals surface area (Å²) in [6, 6.07) is 0.366. The minimum absolute atomic E-state index is 0.0349. The number of urea groups is 1. The number of morpholine rings is 1. The van der Waals surface area contributed by atoms with E-state index in [4.69, 9.17) is 4.74 Å². The molecule has 1 rings (SSSR count). The largest absolute Gasteiger partial charge is 0.377 e. The Morgan fingerprint density at radius 2 is 2.15 bits per heavy atom. The summed E-state index contributed by atoms with van der Waals surface area (Å²) in [4.78, 5) is 16.5. The van der Waals surface area contributed by atoms with Gasteiger partial charge in [-0.15, -0.1) is 0 Å². The van der Waals surface area contributed by atoms with Crippen LogP contribution in [-0.2, 0) is 4.74 Å². The molecule has 1 aliphatic heterocycles. The number of hydrogen-bond acceptors (Lipinski definition) is 3. The SMILES string of the molecule is CC[C@H]1COCCN1C(=O)N[C@@H](C)C(C)(C)CN(C)C. The van der Waals surface area contributed by atoms with E-state index in [0.29, 0.717) is 19.8 Å². The highest BCUT2D eigenvalue weighted by atomic mass is 16.5. The monoisotopic (exact) mass is 285 g/mol. The van der Waals surface area contributed by atoms with Gasteiger partial charge in [0.05, 0.1) is 19.3 Å². The molecular weight excluding hydrogens is 254 g/mol. The molecule has 20 heavy (non-hydrogen) atoms. The fraction of sp³-hybridized carbons (Fsp3) is 0.933. The van der Waals surface area contributed by atoms with Gasteiger partial charge in [-0.3, -0.25) is 0 Å². The molecule has 1 fully saturated rings. The Hall–Kier alpha value is -0.810. The number of nitrogens with zero attached hydrogens (tertiary/aromatic N) is 2. The molecule has 0 aromatic carbocycles. The van der Waals surface area contributed by atoms with Gasteiger partial charge in [0.25, 0.3) is 0 Å². The number of ether oxygens (including phenoxy) is 1. The lowest BCUT2D eigenvalue weighted by Crippen LogP contribution is -2.56. The molecule has 1 N–H and O–H groups in total. The number of rotatable bonds is 5. The molecule has 5 heteroatoms. The number of amides is 2. The number of carbonyl (C=O) groups excluding carboxylic acids is 1. The van der Waals surface area contributed by atoms with Gasteiger partial charge in [0.1, 0.15) is 0 Å². The van der Waals surface area contributed by atoms with E-state index in [-0.39, 0.29) is 23.5 Å². The maximum atomic E-state index is 12.5. The topological polar surface area (TPSA) is 44.8 Å². The summed E-state index contributed by atoms with van der Waals surface area (Å²) in [5, 5.41) is 3.16. The molecule has 0 saturated carbocycles. The third-order valence-electron chi connectivity index (χ3n) is 4.20. The third kappa shape index (κ3) is 4.63. The van der Waals surface area contributed by atoms with Crippen LogP contribution in [0.3, 0.4) is 0 Å². The minimum atomic E-state index is 0.0349. The van der Waals surface area contributed by atoms with Gasteiger partial charge in [-0.1, -0.05) is 20.8 Å². The molecular formula is C15H31N3O2. The van der Waals surface area contributed by atoms with Crippen molar-refractivity contribution in [3.8, 4) is 0 Å². The number of nitrogens with one attached hydrogen (secondary N) is 1. The van der Waals surface area contributed by atoms with E-state index in [0.717, 1.165) is 13.0 Å². The summed E-state index contributed by atoms with van der Waals surface area (Å²) in [5.41, 5.74) is 0.0349. The Bertz CT molecular complexity index is 318. The van der Waals surface area contributed by atoms with Gasteiger partial charge >= 0.3 is 6.03 Å². The highest BCUT2D eigenvalue weighted by Gasteiger charge is 2.31. The van der Waals surface area contributed by atoms with Crippen LogP contribution in [0.1, 0.15) is 34.1 Å². The van der Waals surface area contributed by atoms with Crippen LogP contribution in [0.15, 0.2) is 0 Å². The van der Waals surface area contributed by atoms with Crippen molar-refractivity contribution in [3.05, 3.63) is 0 Å². The van der Waals surface area contributed by atoms with Gasteiger partial charge < -0.3 is 19.9 Å². The van der Waals surface area contributed by atoms with Crippen molar-refractivity contribution in [1.82, 2.24) is 15.1 Å². The minimum Gasteiger partial charge on any atom is -0.377 e. The summed E-state index contributed by atoms with van der Waals surface area (Å²) < 4.78 is 5.45. The predicted octanol–water partition coefficient (Wildman–Crippen LogP) is 1.78. The molecule has 118 valence electrons. The molecule has 2 amide bonds. The average molecular weight is 285 g/mol. The van der Waals surface area contributed by atoms with Gasteiger partial charge in [-0.25, -0.2) is 4.79 Å². The first kappa shape index (κ1) is 17.2. The molecule has 0 aromatic rings. The maximum absolute atomic E-state index is 12.5. The lowest BCUT2D eigenvalue weighted by molar-refractivity contribution is 0.00959. The Labute approximate surface area is 123 Å². The van der Waals surface area contributed by atoms with E-state index in [9.17, 15) is 4.79 Å². The fourth-order valence-electron chi connectivity index (χ4n) is 2.68. The molecule has 1 aliphatic rings. The van der Waals surface area contributed by atoms with Gasteiger partial charge in [0, 0.05) is 19.1 Å². The van der Waals surface area contributed by atoms with Crippen molar-refractivity contribution < 1.29 is 9.53 Å². The van der Waals surface area contributed by atoms with E-state index in [1.807, 2.05) is 4.90 Å². The third-order valence-corrected chi connectivity index (χ3v) is 4.20. The summed E-state index contributed by atoms with van der Waals surface area (Å²) in [5.74, 6) is 0. The molecule has 0 bridgehead atoms. The van der Waals surface area contributed by atoms with Gasteiger partial charge in [-0.2, -0.15) is 0 Å². The fourth-order valence-corrected chi connectivity index (χ4v) is 2.68. The van der Waals surface area contributed by atoms with E-state index in [1.54, 1.807) is 0 Å². The standard InChI is InChI=1S/C15H31N3O2/c1-7-13-10-20-9-8-18(13)14(19)16-12(2)15(3,4)11-17(5)6/h12-13H,7-11H2,1-6H3,(H,16,19)/t12-,13-/m0/s1. The summed E-state index contributed by atoms with van der Waals surface area (Å²) in [6.07, 6.45) is 0.933. The van der Waals surface area contributed by atoms with Crippen LogP contribution in [0, 0.1) is 5.41 Å². The van der Waals surface area contributed by atoms with E-state index >= 15 is 0 Å². The van der Waals surface area contributed by atoms with Crippen LogP contribution in [0.25, 0.3) is 0 Å². The molecule has 0 unspecified atom stereocenters. The van der Waals surface area contributed by atoms with Crippen molar-refractivity contribution in [2.45, 2.75) is 46.2 Å². The van der Waals surface area contributed by atoms with Crippen LogP contribution < -0.4 is 5.32 Å². The molecule has 5 nitrogen and oxygen atoms in total. The van der Waals surface area contributed by atoms with Gasteiger partial charge in [0.15, 0.2) is 0 Å². The summed E-state index contributed by atoms with van der Waals surface area (Å²) in [7, 11) is 4.12. The smallest absolute Gasteiger partial charge is 0.318 e. The lowest BCUT2D eigenvalue weighted by atomic mass is 9.85. The highest BCUT2D eigenvalue weighted by molar-refractivity contribution is 5.75. The second kappa shape index (κ2) is 7.27. The normalized spacial score (nSPS) is 21.9.